The van der Waals surface area contributed by atoms with Gasteiger partial charge in [0.2, 0.25) is 0 Å². The van der Waals surface area contributed by atoms with Gasteiger partial charge in [0.1, 0.15) is 0 Å². The van der Waals surface area contributed by atoms with Gasteiger partial charge in [-0.2, -0.15) is 0 Å². The summed E-state index contributed by atoms with van der Waals surface area (Å²) in [5.74, 6) is 0.988. The molecule has 0 heterocycles. The number of rotatable bonds is 7. The number of carbonyl (C=O) groups excluding carboxylic acids is 1. The van der Waals surface area contributed by atoms with E-state index >= 15 is 0 Å². The SMILES string of the molecule is CCC(CCC(C)C)COC(=O)c1ccccc1. The summed E-state index contributed by atoms with van der Waals surface area (Å²) < 4.78 is 5.37. The second kappa shape index (κ2) is 7.91. The molecule has 0 aromatic heterocycles. The second-order valence-corrected chi connectivity index (χ2v) is 5.21. The van der Waals surface area contributed by atoms with E-state index in [-0.39, 0.29) is 5.97 Å². The van der Waals surface area contributed by atoms with E-state index in [0.717, 1.165) is 12.8 Å². The van der Waals surface area contributed by atoms with E-state index in [4.69, 9.17) is 4.74 Å². The number of carbonyl (C=O) groups is 1. The number of esters is 1. The van der Waals surface area contributed by atoms with Crippen LogP contribution in [0.3, 0.4) is 0 Å². The molecule has 100 valence electrons. The van der Waals surface area contributed by atoms with Crippen LogP contribution < -0.4 is 0 Å². The zero-order chi connectivity index (χ0) is 13.4. The minimum Gasteiger partial charge on any atom is -0.462 e. The molecule has 18 heavy (non-hydrogen) atoms. The predicted molar refractivity (Wildman–Crippen MR) is 74.6 cm³/mol. The summed E-state index contributed by atoms with van der Waals surface area (Å²) in [6.45, 7) is 7.14. The maximum absolute atomic E-state index is 11.8. The Morgan fingerprint density at radius 1 is 1.17 bits per heavy atom. The van der Waals surface area contributed by atoms with Gasteiger partial charge in [0.25, 0.3) is 0 Å². The molecule has 0 spiro atoms. The van der Waals surface area contributed by atoms with Crippen LogP contribution in [-0.4, -0.2) is 12.6 Å². The van der Waals surface area contributed by atoms with Crippen molar-refractivity contribution < 1.29 is 9.53 Å². The van der Waals surface area contributed by atoms with Crippen LogP contribution in [-0.2, 0) is 4.74 Å². The van der Waals surface area contributed by atoms with Crippen LogP contribution in [0.5, 0.6) is 0 Å². The standard InChI is InChI=1S/C16H24O2/c1-4-14(11-10-13(2)3)12-18-16(17)15-8-6-5-7-9-15/h5-9,13-14H,4,10-12H2,1-3H3. The molecular formula is C16H24O2. The molecule has 2 nitrogen and oxygen atoms in total. The first-order valence-electron chi connectivity index (χ1n) is 6.85. The Morgan fingerprint density at radius 3 is 2.39 bits per heavy atom. The van der Waals surface area contributed by atoms with Gasteiger partial charge in [-0.05, 0) is 30.4 Å². The van der Waals surface area contributed by atoms with E-state index in [1.807, 2.05) is 18.2 Å². The minimum atomic E-state index is -0.210. The summed E-state index contributed by atoms with van der Waals surface area (Å²) in [6.07, 6.45) is 3.40. The summed E-state index contributed by atoms with van der Waals surface area (Å²) in [5.41, 5.74) is 0.635. The quantitative estimate of drug-likeness (QED) is 0.672. The lowest BCUT2D eigenvalue weighted by molar-refractivity contribution is 0.0426. The maximum atomic E-state index is 11.8. The molecule has 1 atom stereocenters. The van der Waals surface area contributed by atoms with Gasteiger partial charge in [0.15, 0.2) is 0 Å². The van der Waals surface area contributed by atoms with Crippen molar-refractivity contribution in [3.63, 3.8) is 0 Å². The van der Waals surface area contributed by atoms with Gasteiger partial charge >= 0.3 is 5.97 Å². The highest BCUT2D eigenvalue weighted by atomic mass is 16.5. The summed E-state index contributed by atoms with van der Waals surface area (Å²) in [7, 11) is 0. The molecule has 1 aromatic rings. The lowest BCUT2D eigenvalue weighted by Gasteiger charge is -2.16. The first-order chi connectivity index (χ1) is 8.63. The Balaban J connectivity index is 2.36. The molecule has 0 aliphatic carbocycles. The minimum absolute atomic E-state index is 0.210. The van der Waals surface area contributed by atoms with E-state index in [1.54, 1.807) is 12.1 Å². The Hall–Kier alpha value is -1.31. The van der Waals surface area contributed by atoms with Crippen LogP contribution in [0.15, 0.2) is 30.3 Å². The van der Waals surface area contributed by atoms with Crippen LogP contribution in [0.25, 0.3) is 0 Å². The van der Waals surface area contributed by atoms with Gasteiger partial charge in [-0.25, -0.2) is 4.79 Å². The smallest absolute Gasteiger partial charge is 0.338 e. The average Bonchev–Trinajstić information content (AvgIpc) is 2.39. The molecular weight excluding hydrogens is 224 g/mol. The average molecular weight is 248 g/mol. The van der Waals surface area contributed by atoms with E-state index < -0.39 is 0 Å². The molecule has 1 aromatic carbocycles. The summed E-state index contributed by atoms with van der Waals surface area (Å²) >= 11 is 0. The summed E-state index contributed by atoms with van der Waals surface area (Å²) in [4.78, 5) is 11.8. The third kappa shape index (κ3) is 5.35. The third-order valence-corrected chi connectivity index (χ3v) is 3.19. The first-order valence-corrected chi connectivity index (χ1v) is 6.85. The fraction of sp³-hybridized carbons (Fsp3) is 0.562. The topological polar surface area (TPSA) is 26.3 Å². The molecule has 0 amide bonds. The predicted octanol–water partition coefficient (Wildman–Crippen LogP) is 4.31. The molecule has 1 unspecified atom stereocenters. The third-order valence-electron chi connectivity index (χ3n) is 3.19. The van der Waals surface area contributed by atoms with E-state index in [2.05, 4.69) is 20.8 Å². The lowest BCUT2D eigenvalue weighted by atomic mass is 9.96. The second-order valence-electron chi connectivity index (χ2n) is 5.21. The monoisotopic (exact) mass is 248 g/mol. The molecule has 1 rings (SSSR count). The summed E-state index contributed by atoms with van der Waals surface area (Å²) in [5, 5.41) is 0. The highest BCUT2D eigenvalue weighted by Gasteiger charge is 2.12. The van der Waals surface area contributed by atoms with Gasteiger partial charge < -0.3 is 4.74 Å². The molecule has 2 heteroatoms. The normalized spacial score (nSPS) is 12.4. The Morgan fingerprint density at radius 2 is 1.83 bits per heavy atom. The molecule has 0 fully saturated rings. The maximum Gasteiger partial charge on any atom is 0.338 e. The lowest BCUT2D eigenvalue weighted by Crippen LogP contribution is -2.14. The Labute approximate surface area is 110 Å². The fourth-order valence-corrected chi connectivity index (χ4v) is 1.83. The van der Waals surface area contributed by atoms with Crippen molar-refractivity contribution >= 4 is 5.97 Å². The van der Waals surface area contributed by atoms with E-state index in [0.29, 0.717) is 24.0 Å². The Bertz CT molecular complexity index is 343. The van der Waals surface area contributed by atoms with Gasteiger partial charge in [0, 0.05) is 0 Å². The van der Waals surface area contributed by atoms with Crippen molar-refractivity contribution in [2.24, 2.45) is 11.8 Å². The zero-order valence-electron chi connectivity index (χ0n) is 11.7. The van der Waals surface area contributed by atoms with Crippen molar-refractivity contribution in [3.8, 4) is 0 Å². The zero-order valence-corrected chi connectivity index (χ0v) is 11.7. The highest BCUT2D eigenvalue weighted by Crippen LogP contribution is 2.16. The van der Waals surface area contributed by atoms with E-state index in [9.17, 15) is 4.79 Å². The van der Waals surface area contributed by atoms with Crippen LogP contribution >= 0.6 is 0 Å². The highest BCUT2D eigenvalue weighted by molar-refractivity contribution is 5.89. The first kappa shape index (κ1) is 14.7. The van der Waals surface area contributed by atoms with Gasteiger partial charge in [0.05, 0.1) is 12.2 Å². The van der Waals surface area contributed by atoms with Gasteiger partial charge in [-0.1, -0.05) is 51.8 Å². The molecule has 0 radical (unpaired) electrons. The number of ether oxygens (including phenoxy) is 1. The van der Waals surface area contributed by atoms with E-state index in [1.165, 1.54) is 6.42 Å². The number of hydrogen-bond acceptors (Lipinski definition) is 2. The van der Waals surface area contributed by atoms with Crippen LogP contribution in [0, 0.1) is 11.8 Å². The fourth-order valence-electron chi connectivity index (χ4n) is 1.83. The summed E-state index contributed by atoms with van der Waals surface area (Å²) in [6, 6.07) is 9.18. The van der Waals surface area contributed by atoms with Crippen molar-refractivity contribution in [3.05, 3.63) is 35.9 Å². The largest absolute Gasteiger partial charge is 0.462 e. The van der Waals surface area contributed by atoms with Crippen molar-refractivity contribution in [2.75, 3.05) is 6.61 Å². The van der Waals surface area contributed by atoms with Crippen molar-refractivity contribution in [1.82, 2.24) is 0 Å². The molecule has 0 aliphatic rings. The van der Waals surface area contributed by atoms with Crippen molar-refractivity contribution in [1.29, 1.82) is 0 Å². The number of hydrogen-bond donors (Lipinski definition) is 0. The molecule has 0 saturated heterocycles. The Kier molecular flexibility index (Phi) is 6.48. The molecule has 0 aliphatic heterocycles. The van der Waals surface area contributed by atoms with Crippen LogP contribution in [0.1, 0.15) is 50.4 Å². The van der Waals surface area contributed by atoms with Gasteiger partial charge in [-0.3, -0.25) is 0 Å². The van der Waals surface area contributed by atoms with Crippen LogP contribution in [0.2, 0.25) is 0 Å². The van der Waals surface area contributed by atoms with Gasteiger partial charge in [-0.15, -0.1) is 0 Å². The number of benzene rings is 1. The molecule has 0 bridgehead atoms. The van der Waals surface area contributed by atoms with Crippen molar-refractivity contribution in [2.45, 2.75) is 40.0 Å². The molecule has 0 saturated carbocycles. The molecule has 0 N–H and O–H groups in total. The van der Waals surface area contributed by atoms with Crippen LogP contribution in [0.4, 0.5) is 0 Å².